The Kier molecular flexibility index (Phi) is 10.0. The van der Waals surface area contributed by atoms with E-state index in [1.165, 1.54) is 16.3 Å². The lowest BCUT2D eigenvalue weighted by Crippen LogP contribution is -2.48. The van der Waals surface area contributed by atoms with Crippen molar-refractivity contribution in [2.75, 3.05) is 24.2 Å². The molecule has 0 saturated heterocycles. The van der Waals surface area contributed by atoms with Crippen LogP contribution in [0.3, 0.4) is 0 Å². The van der Waals surface area contributed by atoms with Crippen molar-refractivity contribution in [3.05, 3.63) is 64.1 Å². The van der Waals surface area contributed by atoms with Crippen molar-refractivity contribution in [2.45, 2.75) is 38.8 Å². The number of nitrogens with one attached hydrogen (secondary N) is 1. The van der Waals surface area contributed by atoms with E-state index in [-0.39, 0.29) is 37.7 Å². The fourth-order valence-corrected chi connectivity index (χ4v) is 4.87. The highest BCUT2D eigenvalue weighted by Crippen LogP contribution is 2.23. The van der Waals surface area contributed by atoms with Gasteiger partial charge in [0.2, 0.25) is 21.8 Å². The van der Waals surface area contributed by atoms with Crippen LogP contribution in [0.2, 0.25) is 10.0 Å². The molecule has 1 atom stereocenters. The second kappa shape index (κ2) is 12.3. The van der Waals surface area contributed by atoms with Gasteiger partial charge in [0.15, 0.2) is 0 Å². The lowest BCUT2D eigenvalue weighted by atomic mass is 10.1. The Balaban J connectivity index is 2.20. The van der Waals surface area contributed by atoms with Gasteiger partial charge in [-0.2, -0.15) is 0 Å². The zero-order valence-corrected chi connectivity index (χ0v) is 21.3. The van der Waals surface area contributed by atoms with Crippen LogP contribution < -0.4 is 9.62 Å². The molecule has 2 aromatic carbocycles. The summed E-state index contributed by atoms with van der Waals surface area (Å²) >= 11 is 12.3. The van der Waals surface area contributed by atoms with Crippen molar-refractivity contribution >= 4 is 50.7 Å². The van der Waals surface area contributed by atoms with Gasteiger partial charge in [0.1, 0.15) is 6.04 Å². The molecule has 180 valence electrons. The highest BCUT2D eigenvalue weighted by Gasteiger charge is 2.28. The molecule has 0 aliphatic rings. The Bertz CT molecular complexity index is 1080. The highest BCUT2D eigenvalue weighted by atomic mass is 35.5. The predicted octanol–water partition coefficient (Wildman–Crippen LogP) is 4.09. The summed E-state index contributed by atoms with van der Waals surface area (Å²) in [6, 6.07) is 13.0. The molecule has 0 aliphatic carbocycles. The second-order valence-corrected chi connectivity index (χ2v) is 10.3. The molecule has 0 heterocycles. The van der Waals surface area contributed by atoms with Crippen molar-refractivity contribution in [3.63, 3.8) is 0 Å². The molecule has 0 aliphatic heterocycles. The molecule has 33 heavy (non-hydrogen) atoms. The Labute approximate surface area is 205 Å². The summed E-state index contributed by atoms with van der Waals surface area (Å²) in [4.78, 5) is 27.2. The molecule has 0 saturated carbocycles. The van der Waals surface area contributed by atoms with E-state index in [2.05, 4.69) is 5.32 Å². The molecule has 0 bridgehead atoms. The molecular formula is C23H29Cl2N3O4S. The number of hydrogen-bond donors (Lipinski definition) is 1. The normalized spacial score (nSPS) is 12.2. The number of anilines is 1. The van der Waals surface area contributed by atoms with Crippen LogP contribution in [-0.4, -0.2) is 51.0 Å². The third kappa shape index (κ3) is 7.62. The van der Waals surface area contributed by atoms with Crippen molar-refractivity contribution in [2.24, 2.45) is 0 Å². The Morgan fingerprint density at radius 1 is 1.09 bits per heavy atom. The third-order valence-corrected chi connectivity index (χ3v) is 6.98. The van der Waals surface area contributed by atoms with Gasteiger partial charge in [-0.05, 0) is 42.7 Å². The van der Waals surface area contributed by atoms with Gasteiger partial charge in [0.25, 0.3) is 0 Å². The number of carbonyl (C=O) groups is 2. The van der Waals surface area contributed by atoms with Crippen molar-refractivity contribution < 1.29 is 18.0 Å². The van der Waals surface area contributed by atoms with Crippen molar-refractivity contribution in [1.29, 1.82) is 0 Å². The highest BCUT2D eigenvalue weighted by molar-refractivity contribution is 7.92. The molecule has 0 fully saturated rings. The Hall–Kier alpha value is -2.29. The fraction of sp³-hybridized carbons (Fsp3) is 0.391. The molecule has 0 unspecified atom stereocenters. The summed E-state index contributed by atoms with van der Waals surface area (Å²) in [5, 5.41) is 3.53. The fourth-order valence-electron chi connectivity index (χ4n) is 3.53. The van der Waals surface area contributed by atoms with Crippen LogP contribution >= 0.6 is 23.2 Å². The number of carbonyl (C=O) groups excluding carboxylic acids is 2. The number of likely N-dealkylation sites (N-methyl/N-ethyl adjacent to an activating group) is 1. The number of nitrogens with zero attached hydrogens (tertiary/aromatic N) is 2. The van der Waals surface area contributed by atoms with E-state index in [4.69, 9.17) is 23.2 Å². The number of sulfonamides is 1. The average Bonchev–Trinajstić information content (AvgIpc) is 2.76. The van der Waals surface area contributed by atoms with Crippen LogP contribution in [0.15, 0.2) is 48.5 Å². The van der Waals surface area contributed by atoms with Gasteiger partial charge in [-0.25, -0.2) is 8.42 Å². The quantitative estimate of drug-likeness (QED) is 0.490. The summed E-state index contributed by atoms with van der Waals surface area (Å²) < 4.78 is 25.9. The molecule has 2 aromatic rings. The van der Waals surface area contributed by atoms with E-state index >= 15 is 0 Å². The minimum atomic E-state index is -3.58. The first kappa shape index (κ1) is 27.0. The zero-order valence-electron chi connectivity index (χ0n) is 18.9. The second-order valence-electron chi connectivity index (χ2n) is 7.57. The van der Waals surface area contributed by atoms with Crippen LogP contribution in [0.4, 0.5) is 5.69 Å². The molecule has 0 spiro atoms. The molecule has 10 heteroatoms. The minimum Gasteiger partial charge on any atom is -0.357 e. The van der Waals surface area contributed by atoms with E-state index in [1.807, 2.05) is 19.1 Å². The molecule has 0 radical (unpaired) electrons. The monoisotopic (exact) mass is 513 g/mol. The van der Waals surface area contributed by atoms with Gasteiger partial charge < -0.3 is 10.2 Å². The number of amides is 2. The van der Waals surface area contributed by atoms with Gasteiger partial charge in [-0.1, -0.05) is 54.4 Å². The zero-order chi connectivity index (χ0) is 24.6. The number of halogens is 2. The number of hydrogen-bond acceptors (Lipinski definition) is 4. The van der Waals surface area contributed by atoms with Crippen molar-refractivity contribution in [1.82, 2.24) is 10.2 Å². The summed E-state index contributed by atoms with van der Waals surface area (Å²) in [5.41, 5.74) is 1.16. The molecule has 2 rings (SSSR count). The summed E-state index contributed by atoms with van der Waals surface area (Å²) in [5.74, 6) is -0.528. The summed E-state index contributed by atoms with van der Waals surface area (Å²) in [7, 11) is -2.05. The predicted molar refractivity (Wildman–Crippen MR) is 133 cm³/mol. The minimum absolute atomic E-state index is 0.0601. The smallest absolute Gasteiger partial charge is 0.242 e. The topological polar surface area (TPSA) is 86.8 Å². The Morgan fingerprint density at radius 3 is 2.36 bits per heavy atom. The third-order valence-electron chi connectivity index (χ3n) is 5.18. The number of rotatable bonds is 11. The molecule has 2 amide bonds. The Morgan fingerprint density at radius 2 is 1.79 bits per heavy atom. The molecule has 0 aromatic heterocycles. The molecule has 7 nitrogen and oxygen atoms in total. The van der Waals surface area contributed by atoms with Gasteiger partial charge in [0, 0.05) is 36.6 Å². The van der Waals surface area contributed by atoms with E-state index in [1.54, 1.807) is 36.4 Å². The SMILES string of the molecule is CC[C@@H](C(=O)NC)N(Cc1ccccc1Cl)C(=O)CCCN(c1cccc(Cl)c1)S(C)(=O)=O. The van der Waals surface area contributed by atoms with Crippen LogP contribution in [0, 0.1) is 0 Å². The number of benzene rings is 2. The maximum atomic E-state index is 13.2. The maximum absolute atomic E-state index is 13.2. The van der Waals surface area contributed by atoms with E-state index in [9.17, 15) is 18.0 Å². The first-order valence-electron chi connectivity index (χ1n) is 10.6. The summed E-state index contributed by atoms with van der Waals surface area (Å²) in [6.45, 7) is 2.10. The van der Waals surface area contributed by atoms with E-state index < -0.39 is 16.1 Å². The van der Waals surface area contributed by atoms with E-state index in [0.29, 0.717) is 22.2 Å². The van der Waals surface area contributed by atoms with Crippen molar-refractivity contribution in [3.8, 4) is 0 Å². The standard InChI is InChI=1S/C23H29Cl2N3O4S/c1-4-21(23(30)26-2)27(16-17-9-5-6-12-20(17)25)22(29)13-8-14-28(33(3,31)32)19-11-7-10-18(24)15-19/h5-7,9-12,15,21H,4,8,13-14,16H2,1-3H3,(H,26,30)/t21-/m0/s1. The van der Waals surface area contributed by atoms with Gasteiger partial charge in [-0.15, -0.1) is 0 Å². The van der Waals surface area contributed by atoms with Gasteiger partial charge in [0.05, 0.1) is 11.9 Å². The lowest BCUT2D eigenvalue weighted by molar-refractivity contribution is -0.141. The lowest BCUT2D eigenvalue weighted by Gasteiger charge is -2.31. The van der Waals surface area contributed by atoms with Gasteiger partial charge in [-0.3, -0.25) is 13.9 Å². The first-order chi connectivity index (χ1) is 15.6. The van der Waals surface area contributed by atoms with Gasteiger partial charge >= 0.3 is 0 Å². The average molecular weight is 514 g/mol. The summed E-state index contributed by atoms with van der Waals surface area (Å²) in [6.07, 6.45) is 1.86. The van der Waals surface area contributed by atoms with Crippen LogP contribution in [0.5, 0.6) is 0 Å². The maximum Gasteiger partial charge on any atom is 0.242 e. The first-order valence-corrected chi connectivity index (χ1v) is 13.2. The molecular weight excluding hydrogens is 485 g/mol. The van der Waals surface area contributed by atoms with Crippen LogP contribution in [0.1, 0.15) is 31.7 Å². The molecule has 1 N–H and O–H groups in total. The van der Waals surface area contributed by atoms with E-state index in [0.717, 1.165) is 11.8 Å². The van der Waals surface area contributed by atoms with Crippen LogP contribution in [0.25, 0.3) is 0 Å². The largest absolute Gasteiger partial charge is 0.357 e. The van der Waals surface area contributed by atoms with Crippen LogP contribution in [-0.2, 0) is 26.2 Å².